The minimum atomic E-state index is -0.507. The lowest BCUT2D eigenvalue weighted by Crippen LogP contribution is -2.29. The molecule has 3 rings (SSSR count). The van der Waals surface area contributed by atoms with E-state index in [0.29, 0.717) is 33.8 Å². The quantitative estimate of drug-likeness (QED) is 0.188. The second-order valence-electron chi connectivity index (χ2n) is 7.69. The van der Waals surface area contributed by atoms with Crippen LogP contribution in [-0.4, -0.2) is 44.9 Å². The minimum absolute atomic E-state index is 0.0655. The predicted octanol–water partition coefficient (Wildman–Crippen LogP) is 5.17. The second kappa shape index (κ2) is 13.3. The highest BCUT2D eigenvalue weighted by molar-refractivity contribution is 7.99. The van der Waals surface area contributed by atoms with Crippen molar-refractivity contribution in [1.82, 2.24) is 20.1 Å². The molecule has 2 aromatic carbocycles. The molecule has 1 atom stereocenters. The van der Waals surface area contributed by atoms with Gasteiger partial charge in [0.25, 0.3) is 5.91 Å². The average molecular weight is 562 g/mol. The third-order valence-electron chi connectivity index (χ3n) is 4.98. The van der Waals surface area contributed by atoms with Gasteiger partial charge in [-0.3, -0.25) is 9.59 Å². The van der Waals surface area contributed by atoms with Gasteiger partial charge in [-0.15, -0.1) is 16.8 Å². The molecular weight excluding hydrogens is 537 g/mol. The molecule has 12 heteroatoms. The highest BCUT2D eigenvalue weighted by Crippen LogP contribution is 2.24. The molecule has 0 radical (unpaired) electrons. The van der Waals surface area contributed by atoms with Crippen LogP contribution in [0, 0.1) is 0 Å². The van der Waals surface area contributed by atoms with Gasteiger partial charge >= 0.3 is 5.97 Å². The van der Waals surface area contributed by atoms with Crippen LogP contribution in [-0.2, 0) is 16.1 Å². The molecule has 37 heavy (non-hydrogen) atoms. The first-order chi connectivity index (χ1) is 17.7. The lowest BCUT2D eigenvalue weighted by molar-refractivity contribution is -0.113. The minimum Gasteiger partial charge on any atom is -0.462 e. The zero-order valence-corrected chi connectivity index (χ0v) is 22.5. The number of allylic oxidation sites excluding steroid dienone is 1. The van der Waals surface area contributed by atoms with Crippen LogP contribution in [0.25, 0.3) is 0 Å². The van der Waals surface area contributed by atoms with Crippen molar-refractivity contribution < 1.29 is 19.1 Å². The van der Waals surface area contributed by atoms with Crippen molar-refractivity contribution in [3.63, 3.8) is 0 Å². The first kappa shape index (κ1) is 28.2. The van der Waals surface area contributed by atoms with Gasteiger partial charge in [0, 0.05) is 17.3 Å². The number of amides is 2. The molecule has 0 saturated heterocycles. The zero-order valence-electron chi connectivity index (χ0n) is 20.2. The number of esters is 1. The number of rotatable bonds is 11. The Kier molecular flexibility index (Phi) is 10.1. The van der Waals surface area contributed by atoms with Gasteiger partial charge in [-0.25, -0.2) is 4.79 Å². The van der Waals surface area contributed by atoms with Crippen molar-refractivity contribution in [2.45, 2.75) is 31.6 Å². The Labute approximate surface area is 228 Å². The van der Waals surface area contributed by atoms with Crippen molar-refractivity contribution in [1.29, 1.82) is 0 Å². The molecule has 0 fully saturated rings. The van der Waals surface area contributed by atoms with Crippen LogP contribution in [0.5, 0.6) is 0 Å². The van der Waals surface area contributed by atoms with E-state index in [2.05, 4.69) is 27.4 Å². The maximum Gasteiger partial charge on any atom is 0.338 e. The number of benzene rings is 2. The van der Waals surface area contributed by atoms with Gasteiger partial charge in [-0.2, -0.15) is 0 Å². The number of thioether (sulfide) groups is 1. The van der Waals surface area contributed by atoms with E-state index >= 15 is 0 Å². The SMILES string of the molecule is C=CCn1c(SCC(=O)Nc2ccc(C(=O)OCC)cc2)nnc1C(C)NC(=O)c1ccc(Cl)cc1Cl. The summed E-state index contributed by atoms with van der Waals surface area (Å²) in [6, 6.07) is 10.5. The fourth-order valence-electron chi connectivity index (χ4n) is 3.27. The van der Waals surface area contributed by atoms with E-state index in [1.54, 1.807) is 60.9 Å². The molecule has 194 valence electrons. The monoisotopic (exact) mass is 561 g/mol. The first-order valence-corrected chi connectivity index (χ1v) is 13.0. The lowest BCUT2D eigenvalue weighted by atomic mass is 10.2. The molecule has 0 aliphatic heterocycles. The number of ether oxygens (including phenoxy) is 1. The van der Waals surface area contributed by atoms with Crippen LogP contribution in [0.15, 0.2) is 60.3 Å². The molecule has 0 bridgehead atoms. The van der Waals surface area contributed by atoms with Gasteiger partial charge in [0.2, 0.25) is 5.91 Å². The molecule has 1 unspecified atom stereocenters. The number of hydrogen-bond acceptors (Lipinski definition) is 7. The van der Waals surface area contributed by atoms with Gasteiger partial charge in [0.05, 0.1) is 34.6 Å². The standard InChI is InChI=1S/C25H25Cl2N5O4S/c1-4-12-32-22(15(3)28-23(34)19-11-8-17(26)13-20(19)27)30-31-25(32)37-14-21(33)29-18-9-6-16(7-10-18)24(35)36-5-2/h4,6-11,13,15H,1,5,12,14H2,2-3H3,(H,28,34)(H,29,33). The van der Waals surface area contributed by atoms with Crippen LogP contribution >= 0.6 is 35.0 Å². The third-order valence-corrected chi connectivity index (χ3v) is 6.49. The Morgan fingerprint density at radius 1 is 1.16 bits per heavy atom. The van der Waals surface area contributed by atoms with E-state index in [4.69, 9.17) is 27.9 Å². The second-order valence-corrected chi connectivity index (χ2v) is 9.48. The summed E-state index contributed by atoms with van der Waals surface area (Å²) in [7, 11) is 0. The highest BCUT2D eigenvalue weighted by atomic mass is 35.5. The van der Waals surface area contributed by atoms with E-state index in [1.807, 2.05) is 0 Å². The Hall–Kier alpha value is -3.34. The number of carbonyl (C=O) groups excluding carboxylic acids is 3. The van der Waals surface area contributed by atoms with Crippen molar-refractivity contribution >= 4 is 58.4 Å². The van der Waals surface area contributed by atoms with Crippen molar-refractivity contribution in [3.05, 3.63) is 82.1 Å². The Morgan fingerprint density at radius 2 is 1.89 bits per heavy atom. The number of carbonyl (C=O) groups is 3. The summed E-state index contributed by atoms with van der Waals surface area (Å²) in [5, 5.41) is 15.2. The molecule has 1 aromatic heterocycles. The van der Waals surface area contributed by atoms with E-state index < -0.39 is 12.0 Å². The van der Waals surface area contributed by atoms with Crippen molar-refractivity contribution in [3.8, 4) is 0 Å². The number of nitrogens with one attached hydrogen (secondary N) is 2. The number of hydrogen-bond donors (Lipinski definition) is 2. The molecule has 9 nitrogen and oxygen atoms in total. The van der Waals surface area contributed by atoms with Gasteiger partial charge < -0.3 is 19.9 Å². The molecule has 1 heterocycles. The molecule has 0 saturated carbocycles. The third kappa shape index (κ3) is 7.58. The molecule has 2 amide bonds. The maximum absolute atomic E-state index is 12.7. The summed E-state index contributed by atoms with van der Waals surface area (Å²) in [5.41, 5.74) is 1.23. The van der Waals surface area contributed by atoms with Crippen LogP contribution in [0.4, 0.5) is 5.69 Å². The van der Waals surface area contributed by atoms with Crippen LogP contribution in [0.1, 0.15) is 46.4 Å². The summed E-state index contributed by atoms with van der Waals surface area (Å²) in [6.45, 7) is 7.94. The first-order valence-electron chi connectivity index (χ1n) is 11.2. The molecule has 0 spiro atoms. The number of aromatic nitrogens is 3. The van der Waals surface area contributed by atoms with Gasteiger partial charge in [-0.05, 0) is 56.3 Å². The van der Waals surface area contributed by atoms with E-state index in [-0.39, 0.29) is 34.8 Å². The highest BCUT2D eigenvalue weighted by Gasteiger charge is 2.21. The molecule has 2 N–H and O–H groups in total. The Morgan fingerprint density at radius 3 is 2.54 bits per heavy atom. The normalized spacial score (nSPS) is 11.5. The molecule has 0 aliphatic rings. The zero-order chi connectivity index (χ0) is 26.9. The van der Waals surface area contributed by atoms with E-state index in [1.165, 1.54) is 17.8 Å². The maximum atomic E-state index is 12.7. The summed E-state index contributed by atoms with van der Waals surface area (Å²) >= 11 is 13.3. The smallest absolute Gasteiger partial charge is 0.338 e. The van der Waals surface area contributed by atoms with Crippen LogP contribution < -0.4 is 10.6 Å². The van der Waals surface area contributed by atoms with Gasteiger partial charge in [0.15, 0.2) is 11.0 Å². The predicted molar refractivity (Wildman–Crippen MR) is 144 cm³/mol. The van der Waals surface area contributed by atoms with E-state index in [9.17, 15) is 14.4 Å². The van der Waals surface area contributed by atoms with Crippen molar-refractivity contribution in [2.24, 2.45) is 0 Å². The summed E-state index contributed by atoms with van der Waals surface area (Å²) < 4.78 is 6.72. The molecule has 3 aromatic rings. The largest absolute Gasteiger partial charge is 0.462 e. The lowest BCUT2D eigenvalue weighted by Gasteiger charge is -2.16. The van der Waals surface area contributed by atoms with Crippen LogP contribution in [0.3, 0.4) is 0 Å². The summed E-state index contributed by atoms with van der Waals surface area (Å²) in [4.78, 5) is 37.0. The summed E-state index contributed by atoms with van der Waals surface area (Å²) in [5.74, 6) is -0.506. The fraction of sp³-hybridized carbons (Fsp3) is 0.240. The van der Waals surface area contributed by atoms with Gasteiger partial charge in [0.1, 0.15) is 0 Å². The number of anilines is 1. The Balaban J connectivity index is 1.63. The van der Waals surface area contributed by atoms with Crippen molar-refractivity contribution in [2.75, 3.05) is 17.7 Å². The van der Waals surface area contributed by atoms with Gasteiger partial charge in [-0.1, -0.05) is 41.0 Å². The Bertz CT molecular complexity index is 1300. The average Bonchev–Trinajstić information content (AvgIpc) is 3.26. The fourth-order valence-corrected chi connectivity index (χ4v) is 4.52. The number of halogens is 2. The molecule has 0 aliphatic carbocycles. The number of nitrogens with zero attached hydrogens (tertiary/aromatic N) is 3. The molecular formula is C25H25Cl2N5O4S. The topological polar surface area (TPSA) is 115 Å². The van der Waals surface area contributed by atoms with Crippen LogP contribution in [0.2, 0.25) is 10.0 Å². The van der Waals surface area contributed by atoms with E-state index in [0.717, 1.165) is 0 Å². The summed E-state index contributed by atoms with van der Waals surface area (Å²) in [6.07, 6.45) is 1.67.